The van der Waals surface area contributed by atoms with Crippen LogP contribution in [-0.2, 0) is 13.2 Å². The molecule has 224 valence electrons. The maximum absolute atomic E-state index is 12.5. The minimum atomic E-state index is -0.592. The number of furan rings is 1. The molecule has 44 heavy (non-hydrogen) atoms. The first-order valence-electron chi connectivity index (χ1n) is 13.3. The summed E-state index contributed by atoms with van der Waals surface area (Å²) in [4.78, 5) is 23.6. The van der Waals surface area contributed by atoms with E-state index in [1.165, 1.54) is 24.4 Å². The van der Waals surface area contributed by atoms with Crippen LogP contribution in [0.15, 0.2) is 94.4 Å². The summed E-state index contributed by atoms with van der Waals surface area (Å²) in [6, 6.07) is 24.2. The SMILES string of the molecule is Cc1ccc(C)n1-c1ccc(OCc2ccc(C(=O)N/N=C/c3ccc(OCc4ccc(Cl)c(Cl)c4)c([N+](=O)[O-])c3)o2)cc1. The summed E-state index contributed by atoms with van der Waals surface area (Å²) in [5.41, 5.74) is 6.48. The van der Waals surface area contributed by atoms with Gasteiger partial charge in [-0.3, -0.25) is 14.9 Å². The van der Waals surface area contributed by atoms with Gasteiger partial charge in [0.1, 0.15) is 24.7 Å². The van der Waals surface area contributed by atoms with Crippen LogP contribution in [0.25, 0.3) is 5.69 Å². The fourth-order valence-electron chi connectivity index (χ4n) is 4.39. The minimum absolute atomic E-state index is 0.0340. The highest BCUT2D eigenvalue weighted by Gasteiger charge is 2.17. The van der Waals surface area contributed by atoms with Crippen LogP contribution in [0.5, 0.6) is 11.5 Å². The van der Waals surface area contributed by atoms with Crippen molar-refractivity contribution in [2.45, 2.75) is 27.1 Å². The van der Waals surface area contributed by atoms with Gasteiger partial charge in [-0.05, 0) is 92.2 Å². The molecule has 2 heterocycles. The third kappa shape index (κ3) is 7.28. The Morgan fingerprint density at radius 3 is 2.39 bits per heavy atom. The Balaban J connectivity index is 1.14. The van der Waals surface area contributed by atoms with Gasteiger partial charge in [0.05, 0.1) is 21.2 Å². The first kappa shape index (κ1) is 30.4. The molecule has 2 aromatic heterocycles. The number of nitro groups is 1. The molecule has 0 saturated heterocycles. The number of nitrogens with zero attached hydrogens (tertiary/aromatic N) is 3. The lowest BCUT2D eigenvalue weighted by Crippen LogP contribution is -2.16. The molecular formula is C32H26Cl2N4O6. The number of nitrogens with one attached hydrogen (secondary N) is 1. The predicted octanol–water partition coefficient (Wildman–Crippen LogP) is 7.82. The summed E-state index contributed by atoms with van der Waals surface area (Å²) in [5.74, 6) is 0.613. The van der Waals surface area contributed by atoms with E-state index in [0.717, 1.165) is 17.1 Å². The molecule has 1 amide bonds. The molecule has 0 fully saturated rings. The van der Waals surface area contributed by atoms with Crippen molar-refractivity contribution in [2.75, 3.05) is 0 Å². The standard InChI is InChI=1S/C32H26Cl2N4O6/c1-20-3-4-21(2)37(20)24-7-9-25(10-8-24)42-19-26-11-14-31(44-26)32(39)36-35-17-22-6-13-30(29(16-22)38(40)41)43-18-23-5-12-27(33)28(34)15-23/h3-17H,18-19H2,1-2H3,(H,36,39)/b35-17+. The van der Waals surface area contributed by atoms with Gasteiger partial charge in [-0.2, -0.15) is 5.10 Å². The number of carbonyl (C=O) groups is 1. The number of benzene rings is 3. The number of halogens is 2. The minimum Gasteiger partial charge on any atom is -0.486 e. The molecule has 1 N–H and O–H groups in total. The molecule has 0 saturated carbocycles. The van der Waals surface area contributed by atoms with Crippen molar-refractivity contribution in [3.63, 3.8) is 0 Å². The van der Waals surface area contributed by atoms with Gasteiger partial charge in [-0.1, -0.05) is 29.3 Å². The summed E-state index contributed by atoms with van der Waals surface area (Å²) in [5, 5.41) is 16.3. The van der Waals surface area contributed by atoms with Crippen molar-refractivity contribution in [2.24, 2.45) is 5.10 Å². The molecule has 12 heteroatoms. The second-order valence-electron chi connectivity index (χ2n) is 9.72. The Labute approximate surface area is 262 Å². The summed E-state index contributed by atoms with van der Waals surface area (Å²) in [6.45, 7) is 4.28. The smallest absolute Gasteiger partial charge is 0.311 e. The molecule has 0 aliphatic rings. The molecule has 0 radical (unpaired) electrons. The number of aryl methyl sites for hydroxylation is 2. The van der Waals surface area contributed by atoms with Crippen molar-refractivity contribution in [1.82, 2.24) is 9.99 Å². The van der Waals surface area contributed by atoms with E-state index in [2.05, 4.69) is 41.1 Å². The number of aromatic nitrogens is 1. The fourth-order valence-corrected chi connectivity index (χ4v) is 4.71. The second-order valence-corrected chi connectivity index (χ2v) is 10.5. The molecule has 0 bridgehead atoms. The number of carbonyl (C=O) groups excluding carboxylic acids is 1. The molecule has 0 spiro atoms. The summed E-state index contributed by atoms with van der Waals surface area (Å²) >= 11 is 11.9. The summed E-state index contributed by atoms with van der Waals surface area (Å²) < 4.78 is 19.2. The Bertz CT molecular complexity index is 1830. The lowest BCUT2D eigenvalue weighted by Gasteiger charge is -2.10. The second kappa shape index (κ2) is 13.5. The first-order chi connectivity index (χ1) is 21.2. The van der Waals surface area contributed by atoms with Gasteiger partial charge >= 0.3 is 11.6 Å². The van der Waals surface area contributed by atoms with Gasteiger partial charge in [0.15, 0.2) is 11.5 Å². The Morgan fingerprint density at radius 2 is 1.68 bits per heavy atom. The maximum Gasteiger partial charge on any atom is 0.311 e. The normalized spacial score (nSPS) is 11.1. The molecule has 3 aromatic carbocycles. The van der Waals surface area contributed by atoms with E-state index >= 15 is 0 Å². The van der Waals surface area contributed by atoms with Crippen LogP contribution in [0.4, 0.5) is 5.69 Å². The van der Waals surface area contributed by atoms with Crippen LogP contribution in [-0.4, -0.2) is 21.6 Å². The van der Waals surface area contributed by atoms with Crippen LogP contribution in [0.3, 0.4) is 0 Å². The van der Waals surface area contributed by atoms with E-state index in [-0.39, 0.29) is 30.4 Å². The Hall–Kier alpha value is -5.06. The zero-order valence-electron chi connectivity index (χ0n) is 23.6. The van der Waals surface area contributed by atoms with Crippen LogP contribution in [0.1, 0.15) is 38.8 Å². The highest BCUT2D eigenvalue weighted by atomic mass is 35.5. The maximum atomic E-state index is 12.5. The molecule has 5 aromatic rings. The lowest BCUT2D eigenvalue weighted by molar-refractivity contribution is -0.385. The molecular weight excluding hydrogens is 607 g/mol. The average molecular weight is 633 g/mol. The number of rotatable bonds is 11. The van der Waals surface area contributed by atoms with E-state index < -0.39 is 10.8 Å². The quantitative estimate of drug-likeness (QED) is 0.0899. The van der Waals surface area contributed by atoms with Crippen molar-refractivity contribution in [3.05, 3.63) is 139 Å². The zero-order valence-corrected chi connectivity index (χ0v) is 25.1. The van der Waals surface area contributed by atoms with Crippen LogP contribution >= 0.6 is 23.2 Å². The number of hydrogen-bond donors (Lipinski definition) is 1. The molecule has 0 aliphatic carbocycles. The predicted molar refractivity (Wildman–Crippen MR) is 167 cm³/mol. The highest BCUT2D eigenvalue weighted by Crippen LogP contribution is 2.29. The van der Waals surface area contributed by atoms with Crippen molar-refractivity contribution in [3.8, 4) is 17.2 Å². The summed E-state index contributed by atoms with van der Waals surface area (Å²) in [6.07, 6.45) is 1.28. The third-order valence-electron chi connectivity index (χ3n) is 6.57. The Morgan fingerprint density at radius 1 is 0.932 bits per heavy atom. The van der Waals surface area contributed by atoms with E-state index in [4.69, 9.17) is 37.1 Å². The molecule has 10 nitrogen and oxygen atoms in total. The lowest BCUT2D eigenvalue weighted by atomic mass is 10.2. The van der Waals surface area contributed by atoms with E-state index in [0.29, 0.717) is 32.7 Å². The van der Waals surface area contributed by atoms with Gasteiger partial charge < -0.3 is 18.5 Å². The number of nitro benzene ring substituents is 1. The molecule has 0 atom stereocenters. The largest absolute Gasteiger partial charge is 0.486 e. The zero-order chi connectivity index (χ0) is 31.2. The first-order valence-corrected chi connectivity index (χ1v) is 14.1. The third-order valence-corrected chi connectivity index (χ3v) is 7.31. The van der Waals surface area contributed by atoms with Crippen LogP contribution in [0, 0.1) is 24.0 Å². The van der Waals surface area contributed by atoms with Gasteiger partial charge in [0.25, 0.3) is 0 Å². The Kier molecular flexibility index (Phi) is 9.32. The number of hydrazone groups is 1. The van der Waals surface area contributed by atoms with Crippen molar-refractivity contribution in [1.29, 1.82) is 0 Å². The molecule has 0 unspecified atom stereocenters. The highest BCUT2D eigenvalue weighted by molar-refractivity contribution is 6.42. The average Bonchev–Trinajstić information content (AvgIpc) is 3.63. The number of ether oxygens (including phenoxy) is 2. The monoisotopic (exact) mass is 632 g/mol. The van der Waals surface area contributed by atoms with Gasteiger partial charge in [-0.15, -0.1) is 0 Å². The van der Waals surface area contributed by atoms with E-state index in [1.807, 2.05) is 24.3 Å². The van der Waals surface area contributed by atoms with Gasteiger partial charge in [0, 0.05) is 28.7 Å². The van der Waals surface area contributed by atoms with Crippen molar-refractivity contribution >= 4 is 41.0 Å². The molecule has 0 aliphatic heterocycles. The number of amides is 1. The summed E-state index contributed by atoms with van der Waals surface area (Å²) in [7, 11) is 0. The fraction of sp³-hybridized carbons (Fsp3) is 0.125. The van der Waals surface area contributed by atoms with Gasteiger partial charge in [0.2, 0.25) is 0 Å². The van der Waals surface area contributed by atoms with E-state index in [1.54, 1.807) is 30.3 Å². The van der Waals surface area contributed by atoms with Crippen LogP contribution in [0.2, 0.25) is 10.0 Å². The van der Waals surface area contributed by atoms with Crippen LogP contribution < -0.4 is 14.9 Å². The molecule has 5 rings (SSSR count). The van der Waals surface area contributed by atoms with Crippen molar-refractivity contribution < 1.29 is 23.6 Å². The topological polar surface area (TPSA) is 121 Å². The number of hydrogen-bond acceptors (Lipinski definition) is 7. The van der Waals surface area contributed by atoms with E-state index in [9.17, 15) is 14.9 Å². The van der Waals surface area contributed by atoms with Gasteiger partial charge in [-0.25, -0.2) is 5.43 Å².